The van der Waals surface area contributed by atoms with Gasteiger partial charge < -0.3 is 5.32 Å². The first kappa shape index (κ1) is 16.7. The molecule has 4 rings (SSSR count). The third kappa shape index (κ3) is 3.23. The molecule has 4 heteroatoms. The highest BCUT2D eigenvalue weighted by atomic mass is 79.9. The van der Waals surface area contributed by atoms with E-state index in [1.54, 1.807) is 0 Å². The van der Waals surface area contributed by atoms with Crippen molar-refractivity contribution in [3.8, 4) is 0 Å². The van der Waals surface area contributed by atoms with Crippen LogP contribution in [0.15, 0.2) is 42.1 Å². The van der Waals surface area contributed by atoms with Crippen molar-refractivity contribution in [2.75, 3.05) is 13.1 Å². The van der Waals surface area contributed by atoms with Crippen molar-refractivity contribution in [1.82, 2.24) is 10.3 Å². The van der Waals surface area contributed by atoms with Gasteiger partial charge in [-0.3, -0.25) is 4.98 Å². The highest BCUT2D eigenvalue weighted by Crippen LogP contribution is 2.37. The Labute approximate surface area is 155 Å². The van der Waals surface area contributed by atoms with Crippen molar-refractivity contribution in [3.05, 3.63) is 69.5 Å². The molecule has 23 heavy (non-hydrogen) atoms. The Hall–Kier alpha value is -1.16. The van der Waals surface area contributed by atoms with Gasteiger partial charge in [-0.1, -0.05) is 29.3 Å². The van der Waals surface area contributed by atoms with Gasteiger partial charge in [0.15, 0.2) is 0 Å². The van der Waals surface area contributed by atoms with Crippen LogP contribution in [-0.4, -0.2) is 18.1 Å². The van der Waals surface area contributed by atoms with Gasteiger partial charge in [0.05, 0.1) is 5.69 Å². The first-order valence-electron chi connectivity index (χ1n) is 7.99. The van der Waals surface area contributed by atoms with Crippen molar-refractivity contribution in [2.45, 2.75) is 25.7 Å². The fourth-order valence-corrected chi connectivity index (χ4v) is 3.81. The molecule has 0 radical (unpaired) electrons. The van der Waals surface area contributed by atoms with Gasteiger partial charge in [-0.15, -0.1) is 17.0 Å². The molecule has 120 valence electrons. The van der Waals surface area contributed by atoms with Gasteiger partial charge in [0.1, 0.15) is 0 Å². The van der Waals surface area contributed by atoms with E-state index in [2.05, 4.69) is 23.5 Å². The first-order valence-corrected chi connectivity index (χ1v) is 8.36. The van der Waals surface area contributed by atoms with Crippen LogP contribution in [0.4, 0.5) is 0 Å². The largest absolute Gasteiger partial charge is 1.00 e. The summed E-state index contributed by atoms with van der Waals surface area (Å²) in [4.78, 5) is 4.75. The van der Waals surface area contributed by atoms with Gasteiger partial charge in [0, 0.05) is 16.8 Å². The van der Waals surface area contributed by atoms with Gasteiger partial charge in [0.25, 0.3) is 0 Å². The molecule has 0 bridgehead atoms. The zero-order valence-corrected chi connectivity index (χ0v) is 15.4. The number of pyridine rings is 1. The van der Waals surface area contributed by atoms with Gasteiger partial charge in [-0.25, -0.2) is 0 Å². The number of aryl methyl sites for hydroxylation is 2. The maximum Gasteiger partial charge on any atom is 1.00 e. The van der Waals surface area contributed by atoms with E-state index < -0.39 is 0 Å². The summed E-state index contributed by atoms with van der Waals surface area (Å²) in [6, 6.07) is 10.6. The lowest BCUT2D eigenvalue weighted by atomic mass is 9.89. The molecule has 0 saturated carbocycles. The van der Waals surface area contributed by atoms with Gasteiger partial charge in [-0.05, 0) is 73.7 Å². The molecule has 2 nitrogen and oxygen atoms in total. The van der Waals surface area contributed by atoms with Gasteiger partial charge >= 0.3 is 2.85 Å². The third-order valence-electron chi connectivity index (χ3n) is 4.69. The van der Waals surface area contributed by atoms with Gasteiger partial charge in [0.2, 0.25) is 0 Å². The number of fused-ring (bicyclic) bond motifs is 2. The average molecular weight is 394 g/mol. The van der Waals surface area contributed by atoms with Crippen LogP contribution in [0.5, 0.6) is 0 Å². The highest BCUT2D eigenvalue weighted by Gasteiger charge is 2.23. The second-order valence-electron chi connectivity index (χ2n) is 6.04. The van der Waals surface area contributed by atoms with E-state index >= 15 is 0 Å². The van der Waals surface area contributed by atoms with Gasteiger partial charge in [-0.2, -0.15) is 0 Å². The van der Waals surface area contributed by atoms with E-state index in [4.69, 9.17) is 16.6 Å². The molecule has 2 aliphatic rings. The number of nitrogens with zero attached hydrogens (tertiary/aromatic N) is 1. The number of hydrogen-bond acceptors (Lipinski definition) is 2. The zero-order chi connectivity index (χ0) is 14.9. The quantitative estimate of drug-likeness (QED) is 0.694. The minimum Gasteiger partial charge on any atom is -0.316 e. The fraction of sp³-hybridized carbons (Fsp3) is 0.316. The summed E-state index contributed by atoms with van der Waals surface area (Å²) < 4.78 is 0. The van der Waals surface area contributed by atoms with E-state index in [1.807, 2.05) is 18.3 Å². The summed E-state index contributed by atoms with van der Waals surface area (Å²) in [6.07, 6.45) is 6.19. The van der Waals surface area contributed by atoms with Crippen LogP contribution in [-0.2, 0) is 12.8 Å². The van der Waals surface area contributed by atoms with Crippen molar-refractivity contribution in [1.29, 1.82) is 0 Å². The van der Waals surface area contributed by atoms with Crippen molar-refractivity contribution in [3.63, 3.8) is 0 Å². The second kappa shape index (κ2) is 7.16. The maximum atomic E-state index is 6.23. The summed E-state index contributed by atoms with van der Waals surface area (Å²) >= 11 is 6.23. The van der Waals surface area contributed by atoms with Crippen LogP contribution in [0.25, 0.3) is 5.57 Å². The number of hydrogen-bond donors (Lipinski definition) is 1. The Morgan fingerprint density at radius 2 is 1.78 bits per heavy atom. The lowest BCUT2D eigenvalue weighted by Gasteiger charge is -2.21. The molecule has 1 saturated heterocycles. The summed E-state index contributed by atoms with van der Waals surface area (Å²) in [7, 11) is 0. The molecule has 0 atom stereocenters. The Morgan fingerprint density at radius 1 is 1.00 bits per heavy atom. The predicted molar refractivity (Wildman–Crippen MR) is 104 cm³/mol. The smallest absolute Gasteiger partial charge is 0.316 e. The van der Waals surface area contributed by atoms with E-state index in [-0.39, 0.29) is 19.8 Å². The summed E-state index contributed by atoms with van der Waals surface area (Å²) in [5.41, 5.74) is 8.12. The van der Waals surface area contributed by atoms with E-state index in [0.29, 0.717) is 0 Å². The molecule has 0 unspecified atom stereocenters. The molecule has 1 aromatic carbocycles. The molecule has 1 fully saturated rings. The molecule has 0 spiro atoms. The molecule has 1 aliphatic carbocycles. The highest BCUT2D eigenvalue weighted by molar-refractivity contribution is 8.93. The second-order valence-corrected chi connectivity index (χ2v) is 6.48. The minimum atomic E-state index is 0. The Morgan fingerprint density at radius 3 is 2.61 bits per heavy atom. The number of aromatic nitrogens is 1. The lowest BCUT2D eigenvalue weighted by Crippen LogP contribution is -2.24. The van der Waals surface area contributed by atoms with Crippen LogP contribution >= 0.6 is 28.6 Å². The van der Waals surface area contributed by atoms with E-state index in [9.17, 15) is 0 Å². The predicted octanol–water partition coefficient (Wildman–Crippen LogP) is 4.82. The molecule has 2 heterocycles. The van der Waals surface area contributed by atoms with Crippen LogP contribution in [0.2, 0.25) is 5.02 Å². The summed E-state index contributed by atoms with van der Waals surface area (Å²) in [5, 5.41) is 4.28. The van der Waals surface area contributed by atoms with Crippen LogP contribution in [0, 0.1) is 0 Å². The number of benzene rings is 1. The van der Waals surface area contributed by atoms with E-state index in [0.717, 1.165) is 43.8 Å². The average Bonchev–Trinajstić information content (AvgIpc) is 2.72. The number of rotatable bonds is 0. The summed E-state index contributed by atoms with van der Waals surface area (Å²) in [5.74, 6) is 0. The third-order valence-corrected chi connectivity index (χ3v) is 4.92. The molecular formula is C19H22BrClN2+2. The number of piperidine rings is 1. The first-order chi connectivity index (χ1) is 10.8. The van der Waals surface area contributed by atoms with Crippen LogP contribution in [0.3, 0.4) is 0 Å². The normalized spacial score (nSPS) is 16.9. The molecule has 1 N–H and O–H groups in total. The lowest BCUT2D eigenvalue weighted by molar-refractivity contribution is 0.611. The molecule has 1 aliphatic heterocycles. The fourth-order valence-electron chi connectivity index (χ4n) is 3.61. The minimum absolute atomic E-state index is 0. The molecule has 0 amide bonds. The topological polar surface area (TPSA) is 24.9 Å². The Kier molecular flexibility index (Phi) is 5.20. The standard InChI is InChI=1S/C19H19ClN2.BrH/c20-16-5-6-17-15(12-16)4-3-14-2-1-9-22-19(14)18(17)13-7-10-21-11-8-13;/h1-2,5-6,9,12,21H,3-4,7-8,10-11H2;1H/p+2. The van der Waals surface area contributed by atoms with E-state index in [1.165, 1.54) is 33.5 Å². The SMILES string of the molecule is Br.Clc1ccc2c(c1)CCc1cccnc1C2=C1CCNCC1.[H+].[H+]. The van der Waals surface area contributed by atoms with Crippen LogP contribution < -0.4 is 5.32 Å². The molecule has 2 aromatic rings. The maximum absolute atomic E-state index is 6.23. The molecular weight excluding hydrogens is 372 g/mol. The van der Waals surface area contributed by atoms with Crippen molar-refractivity contribution in [2.24, 2.45) is 0 Å². The zero-order valence-electron chi connectivity index (χ0n) is 14.9. The van der Waals surface area contributed by atoms with Crippen molar-refractivity contribution < 1.29 is 2.85 Å². The number of nitrogens with one attached hydrogen (secondary N) is 1. The molecule has 1 aromatic heterocycles. The Balaban J connectivity index is 0.00000104. The summed E-state index contributed by atoms with van der Waals surface area (Å²) in [6.45, 7) is 2.12. The number of halogens is 2. The van der Waals surface area contributed by atoms with Crippen LogP contribution in [0.1, 0.15) is 38.1 Å². The van der Waals surface area contributed by atoms with Crippen molar-refractivity contribution >= 4 is 34.2 Å². The Bertz CT molecular complexity index is 757. The monoisotopic (exact) mass is 392 g/mol.